The molecule has 0 nitrogen and oxygen atoms in total. The minimum absolute atomic E-state index is 0. The van der Waals surface area contributed by atoms with E-state index in [1.165, 1.54) is 5.56 Å². The van der Waals surface area contributed by atoms with Crippen LogP contribution in [0.5, 0.6) is 0 Å². The first kappa shape index (κ1) is 26.1. The lowest BCUT2D eigenvalue weighted by Crippen LogP contribution is -1.80. The maximum atomic E-state index is 3.73. The topological polar surface area (TPSA) is 0 Å². The fourth-order valence-electron chi connectivity index (χ4n) is 1.06. The molecule has 0 unspecified atom stereocenters. The molecule has 0 amide bonds. The van der Waals surface area contributed by atoms with Crippen LogP contribution in [0.3, 0.4) is 0 Å². The lowest BCUT2D eigenvalue weighted by atomic mass is 10.0. The number of hydrogen-bond acceptors (Lipinski definition) is 0. The summed E-state index contributed by atoms with van der Waals surface area (Å²) in [5.74, 6) is 0. The van der Waals surface area contributed by atoms with E-state index in [1.807, 2.05) is 46.8 Å². The number of aryl methyl sites for hydroxylation is 1. The van der Waals surface area contributed by atoms with Gasteiger partial charge in [0.1, 0.15) is 0 Å². The van der Waals surface area contributed by atoms with Gasteiger partial charge >= 0.3 is 0 Å². The molecule has 0 saturated heterocycles. The molecule has 1 aromatic rings. The lowest BCUT2D eigenvalue weighted by molar-refractivity contribution is 1.45. The molecule has 110 valence electrons. The van der Waals surface area contributed by atoms with Gasteiger partial charge in [0, 0.05) is 0 Å². The number of hydrogen-bond donors (Lipinski definition) is 0. The standard InChI is InChI=1S/C11H12.C3H6.2C2H6.CH4/c1-4-10-7-6-9(3)8-11(10)5-2;1-3-2;2*1-2;/h4-8H,1-2H2,3H3;3H,1H2,2H3;2*1-2H3;1H4. The summed E-state index contributed by atoms with van der Waals surface area (Å²) < 4.78 is 0. The fraction of sp³-hybridized carbons (Fsp3) is 0.368. The van der Waals surface area contributed by atoms with Crippen molar-refractivity contribution in [1.82, 2.24) is 0 Å². The van der Waals surface area contributed by atoms with Gasteiger partial charge in [-0.1, -0.05) is 90.3 Å². The largest absolute Gasteiger partial charge is 0.103 e. The highest BCUT2D eigenvalue weighted by molar-refractivity contribution is 5.64. The van der Waals surface area contributed by atoms with Crippen LogP contribution in [0.1, 0.15) is 58.7 Å². The van der Waals surface area contributed by atoms with Crippen molar-refractivity contribution in [3.63, 3.8) is 0 Å². The van der Waals surface area contributed by atoms with Gasteiger partial charge in [0.15, 0.2) is 0 Å². The highest BCUT2D eigenvalue weighted by atomic mass is 14.0. The summed E-state index contributed by atoms with van der Waals surface area (Å²) >= 11 is 0. The Labute approximate surface area is 122 Å². The quantitative estimate of drug-likeness (QED) is 0.496. The monoisotopic (exact) mass is 262 g/mol. The van der Waals surface area contributed by atoms with Crippen molar-refractivity contribution in [1.29, 1.82) is 0 Å². The molecular formula is C19H34. The van der Waals surface area contributed by atoms with E-state index in [9.17, 15) is 0 Å². The summed E-state index contributed by atoms with van der Waals surface area (Å²) in [6, 6.07) is 6.23. The van der Waals surface area contributed by atoms with E-state index in [0.29, 0.717) is 0 Å². The molecule has 0 aromatic heterocycles. The maximum absolute atomic E-state index is 3.73. The summed E-state index contributed by atoms with van der Waals surface area (Å²) in [6.07, 6.45) is 5.44. The molecule has 19 heavy (non-hydrogen) atoms. The van der Waals surface area contributed by atoms with Crippen LogP contribution in [0.25, 0.3) is 12.2 Å². The molecule has 0 spiro atoms. The Morgan fingerprint density at radius 2 is 1.21 bits per heavy atom. The van der Waals surface area contributed by atoms with Gasteiger partial charge in [-0.15, -0.1) is 6.58 Å². The Balaban J connectivity index is -0.000000121. The molecule has 0 saturated carbocycles. The SMILES string of the molecule is C.C=CC.C=Cc1ccc(C)cc1C=C.CC.CC. The molecule has 0 aliphatic rings. The van der Waals surface area contributed by atoms with E-state index in [1.54, 1.807) is 6.08 Å². The maximum Gasteiger partial charge on any atom is -0.0187 e. The van der Waals surface area contributed by atoms with Crippen molar-refractivity contribution in [3.05, 3.63) is 60.7 Å². The Kier molecular flexibility index (Phi) is 29.8. The predicted molar refractivity (Wildman–Crippen MR) is 96.7 cm³/mol. The van der Waals surface area contributed by atoms with Gasteiger partial charge in [0.2, 0.25) is 0 Å². The van der Waals surface area contributed by atoms with Gasteiger partial charge in [-0.05, 0) is 25.0 Å². The smallest absolute Gasteiger partial charge is 0.0187 e. The number of benzene rings is 1. The lowest BCUT2D eigenvalue weighted by Gasteiger charge is -2.00. The van der Waals surface area contributed by atoms with Gasteiger partial charge in [0.25, 0.3) is 0 Å². The zero-order chi connectivity index (χ0) is 15.0. The molecular weight excluding hydrogens is 228 g/mol. The van der Waals surface area contributed by atoms with Gasteiger partial charge < -0.3 is 0 Å². The van der Waals surface area contributed by atoms with E-state index >= 15 is 0 Å². The summed E-state index contributed by atoms with van der Waals surface area (Å²) in [5.41, 5.74) is 3.55. The Morgan fingerprint density at radius 1 is 0.842 bits per heavy atom. The van der Waals surface area contributed by atoms with Crippen LogP contribution in [-0.4, -0.2) is 0 Å². The van der Waals surface area contributed by atoms with Crippen molar-refractivity contribution >= 4 is 12.2 Å². The van der Waals surface area contributed by atoms with Crippen LogP contribution >= 0.6 is 0 Å². The van der Waals surface area contributed by atoms with Crippen molar-refractivity contribution in [3.8, 4) is 0 Å². The van der Waals surface area contributed by atoms with Gasteiger partial charge in [-0.2, -0.15) is 0 Å². The van der Waals surface area contributed by atoms with Crippen LogP contribution in [0.4, 0.5) is 0 Å². The normalized spacial score (nSPS) is 6.63. The average Bonchev–Trinajstić information content (AvgIpc) is 2.44. The fourth-order valence-corrected chi connectivity index (χ4v) is 1.06. The number of allylic oxidation sites excluding steroid dienone is 1. The van der Waals surface area contributed by atoms with Gasteiger partial charge in [-0.25, -0.2) is 0 Å². The Bertz CT molecular complexity index is 319. The third-order valence-electron chi connectivity index (χ3n) is 1.68. The molecule has 0 heterocycles. The van der Waals surface area contributed by atoms with Crippen LogP contribution in [0, 0.1) is 6.92 Å². The van der Waals surface area contributed by atoms with Crippen LogP contribution < -0.4 is 0 Å². The van der Waals surface area contributed by atoms with Gasteiger partial charge in [-0.3, -0.25) is 0 Å². The zero-order valence-electron chi connectivity index (χ0n) is 13.1. The van der Waals surface area contributed by atoms with Crippen LogP contribution in [-0.2, 0) is 0 Å². The molecule has 1 rings (SSSR count). The predicted octanol–water partition coefficient (Wildman–Crippen LogP) is 7.16. The summed E-state index contributed by atoms with van der Waals surface area (Å²) in [4.78, 5) is 0. The molecule has 0 N–H and O–H groups in total. The molecule has 0 atom stereocenters. The van der Waals surface area contributed by atoms with E-state index in [2.05, 4.69) is 44.9 Å². The summed E-state index contributed by atoms with van der Waals surface area (Å²) in [5, 5.41) is 0. The zero-order valence-corrected chi connectivity index (χ0v) is 13.1. The highest BCUT2D eigenvalue weighted by Crippen LogP contribution is 2.13. The van der Waals surface area contributed by atoms with E-state index in [-0.39, 0.29) is 7.43 Å². The average molecular weight is 262 g/mol. The highest BCUT2D eigenvalue weighted by Gasteiger charge is 1.93. The molecule has 0 radical (unpaired) electrons. The van der Waals surface area contributed by atoms with Crippen molar-refractivity contribution in [2.75, 3.05) is 0 Å². The van der Waals surface area contributed by atoms with E-state index in [0.717, 1.165) is 11.1 Å². The van der Waals surface area contributed by atoms with Crippen molar-refractivity contribution < 1.29 is 0 Å². The van der Waals surface area contributed by atoms with E-state index < -0.39 is 0 Å². The molecule has 0 fully saturated rings. The molecule has 0 heteroatoms. The molecule has 0 bridgehead atoms. The molecule has 1 aromatic carbocycles. The third kappa shape index (κ3) is 14.4. The first-order chi connectivity index (χ1) is 8.69. The minimum Gasteiger partial charge on any atom is -0.103 e. The van der Waals surface area contributed by atoms with Crippen molar-refractivity contribution in [2.24, 2.45) is 0 Å². The van der Waals surface area contributed by atoms with Crippen molar-refractivity contribution in [2.45, 2.75) is 49.0 Å². The second-order valence-corrected chi connectivity index (χ2v) is 2.95. The molecule has 0 aliphatic carbocycles. The third-order valence-corrected chi connectivity index (χ3v) is 1.68. The van der Waals surface area contributed by atoms with E-state index in [4.69, 9.17) is 0 Å². The Morgan fingerprint density at radius 3 is 1.53 bits per heavy atom. The minimum atomic E-state index is 0. The molecule has 0 aliphatic heterocycles. The first-order valence-corrected chi connectivity index (χ1v) is 6.62. The van der Waals surface area contributed by atoms with Gasteiger partial charge in [0.05, 0.1) is 0 Å². The van der Waals surface area contributed by atoms with Crippen LogP contribution in [0.15, 0.2) is 44.0 Å². The first-order valence-electron chi connectivity index (χ1n) is 6.62. The summed E-state index contributed by atoms with van der Waals surface area (Å²) in [6.45, 7) is 22.8. The Hall–Kier alpha value is -1.56. The second kappa shape index (κ2) is 21.7. The second-order valence-electron chi connectivity index (χ2n) is 2.95. The van der Waals surface area contributed by atoms with Crippen LogP contribution in [0.2, 0.25) is 0 Å². The number of rotatable bonds is 2. The summed E-state index contributed by atoms with van der Waals surface area (Å²) in [7, 11) is 0.